The van der Waals surface area contributed by atoms with Gasteiger partial charge in [0.1, 0.15) is 30.2 Å². The fourth-order valence-electron chi connectivity index (χ4n) is 7.16. The molecule has 0 saturated carbocycles. The molecule has 12 nitrogen and oxygen atoms in total. The molecule has 3 aliphatic rings. The monoisotopic (exact) mass is 687 g/mol. The molecular formula is C38H49N5O7. The molecule has 268 valence electrons. The van der Waals surface area contributed by atoms with Crippen molar-refractivity contribution in [1.82, 2.24) is 25.3 Å². The fraction of sp³-hybridized carbons (Fsp3) is 0.526. The van der Waals surface area contributed by atoms with Crippen molar-refractivity contribution in [2.24, 2.45) is 5.92 Å². The van der Waals surface area contributed by atoms with Crippen LogP contribution in [0.15, 0.2) is 60.7 Å². The van der Waals surface area contributed by atoms with E-state index >= 15 is 0 Å². The third kappa shape index (κ3) is 8.51. The van der Waals surface area contributed by atoms with Gasteiger partial charge < -0.3 is 30.1 Å². The lowest BCUT2D eigenvalue weighted by Gasteiger charge is -2.35. The first-order chi connectivity index (χ1) is 23.9. The number of carbonyl (C=O) groups is 6. The zero-order valence-corrected chi connectivity index (χ0v) is 29.4. The number of nitrogens with zero attached hydrogens (tertiary/aromatic N) is 3. The molecule has 0 bridgehead atoms. The highest BCUT2D eigenvalue weighted by atomic mass is 16.5. The van der Waals surface area contributed by atoms with Gasteiger partial charge in [-0.3, -0.25) is 24.0 Å². The molecule has 3 fully saturated rings. The van der Waals surface area contributed by atoms with Gasteiger partial charge >= 0.3 is 5.97 Å². The number of ether oxygens (including phenoxy) is 1. The molecule has 50 heavy (non-hydrogen) atoms. The number of likely N-dealkylation sites (N-methyl/N-ethyl adjacent to an activating group) is 1. The van der Waals surface area contributed by atoms with E-state index in [0.29, 0.717) is 38.8 Å². The maximum atomic E-state index is 14.4. The zero-order valence-electron chi connectivity index (χ0n) is 29.4. The molecule has 2 aromatic carbocycles. The number of fused-ring (bicyclic) bond motifs is 2. The van der Waals surface area contributed by atoms with Gasteiger partial charge in [0.15, 0.2) is 6.10 Å². The number of benzene rings is 2. The van der Waals surface area contributed by atoms with Crippen LogP contribution in [-0.2, 0) is 46.3 Å². The maximum absolute atomic E-state index is 14.4. The highest BCUT2D eigenvalue weighted by Gasteiger charge is 2.44. The molecular weight excluding hydrogens is 638 g/mol. The van der Waals surface area contributed by atoms with E-state index in [0.717, 1.165) is 11.1 Å². The molecule has 2 N–H and O–H groups in total. The quantitative estimate of drug-likeness (QED) is 0.444. The van der Waals surface area contributed by atoms with Crippen LogP contribution in [0.1, 0.15) is 64.0 Å². The number of amides is 5. The SMILES string of the molecule is CC(C)C[C@@H]1OC(=O)[C@H](C)NC(=O)[C@H](Cc2ccccc2)N(C)C(=O)[C@@H]2CCCN2C(=O)[C@H](Cc2ccccc2)NC(=O)[C@@H]2CCCN2C1=O. The first-order valence-corrected chi connectivity index (χ1v) is 17.7. The molecule has 12 heteroatoms. The Morgan fingerprint density at radius 3 is 1.88 bits per heavy atom. The van der Waals surface area contributed by atoms with Crippen molar-refractivity contribution < 1.29 is 33.5 Å². The minimum Gasteiger partial charge on any atom is -0.451 e. The molecule has 0 aliphatic carbocycles. The number of nitrogens with one attached hydrogen (secondary N) is 2. The van der Waals surface area contributed by atoms with Crippen LogP contribution in [0, 0.1) is 5.92 Å². The van der Waals surface area contributed by atoms with Gasteiger partial charge in [-0.25, -0.2) is 4.79 Å². The van der Waals surface area contributed by atoms with Gasteiger partial charge in [-0.1, -0.05) is 74.5 Å². The molecule has 0 unspecified atom stereocenters. The van der Waals surface area contributed by atoms with Gasteiger partial charge in [0.25, 0.3) is 5.91 Å². The largest absolute Gasteiger partial charge is 0.451 e. The van der Waals surface area contributed by atoms with Crippen LogP contribution in [0.25, 0.3) is 0 Å². The predicted octanol–water partition coefficient (Wildman–Crippen LogP) is 2.24. The summed E-state index contributed by atoms with van der Waals surface area (Å²) in [6, 6.07) is 13.7. The maximum Gasteiger partial charge on any atom is 0.329 e. The van der Waals surface area contributed by atoms with Crippen molar-refractivity contribution in [3.63, 3.8) is 0 Å². The van der Waals surface area contributed by atoms with Crippen molar-refractivity contribution >= 4 is 35.5 Å². The van der Waals surface area contributed by atoms with E-state index in [9.17, 15) is 28.8 Å². The zero-order chi connectivity index (χ0) is 35.9. The summed E-state index contributed by atoms with van der Waals surface area (Å²) in [6.45, 7) is 5.89. The minimum absolute atomic E-state index is 0.0226. The van der Waals surface area contributed by atoms with Crippen molar-refractivity contribution in [2.75, 3.05) is 20.1 Å². The summed E-state index contributed by atoms with van der Waals surface area (Å²) in [7, 11) is 1.53. The van der Waals surface area contributed by atoms with Crippen LogP contribution < -0.4 is 10.6 Å². The van der Waals surface area contributed by atoms with Gasteiger partial charge in [-0.2, -0.15) is 0 Å². The molecule has 2 aromatic rings. The summed E-state index contributed by atoms with van der Waals surface area (Å²) in [5, 5.41) is 5.67. The molecule has 5 rings (SSSR count). The Kier molecular flexibility index (Phi) is 11.9. The molecule has 0 aromatic heterocycles. The summed E-state index contributed by atoms with van der Waals surface area (Å²) in [5.41, 5.74) is 1.63. The Labute approximate surface area is 293 Å². The second-order valence-electron chi connectivity index (χ2n) is 14.1. The number of carbonyl (C=O) groups excluding carboxylic acids is 6. The highest BCUT2D eigenvalue weighted by Crippen LogP contribution is 2.25. The van der Waals surface area contributed by atoms with E-state index in [4.69, 9.17) is 4.74 Å². The van der Waals surface area contributed by atoms with Crippen LogP contribution in [0.5, 0.6) is 0 Å². The van der Waals surface area contributed by atoms with Crippen molar-refractivity contribution in [3.8, 4) is 0 Å². The van der Waals surface area contributed by atoms with Crippen LogP contribution in [0.2, 0.25) is 0 Å². The Morgan fingerprint density at radius 1 is 0.720 bits per heavy atom. The van der Waals surface area contributed by atoms with Crippen LogP contribution >= 0.6 is 0 Å². The number of hydrogen-bond acceptors (Lipinski definition) is 7. The summed E-state index contributed by atoms with van der Waals surface area (Å²) in [5.74, 6) is -3.13. The van der Waals surface area contributed by atoms with Gasteiger partial charge in [-0.05, 0) is 56.1 Å². The first-order valence-electron chi connectivity index (χ1n) is 17.7. The smallest absolute Gasteiger partial charge is 0.329 e. The van der Waals surface area contributed by atoms with E-state index in [2.05, 4.69) is 10.6 Å². The standard InChI is InChI=1S/C38H49N5O7/c1-24(2)21-32-37(48)42-19-11-17-29(42)33(44)40-28(22-26-13-7-5-8-14-26)35(46)43-20-12-18-30(43)36(47)41(4)31(23-27-15-9-6-10-16-27)34(45)39-25(3)38(49)50-32/h5-10,13-16,24-25,28-32H,11-12,17-23H2,1-4H3,(H,39,45)(H,40,44)/t25-,28-,29-,30-,31-,32-/m0/s1. The van der Waals surface area contributed by atoms with Crippen LogP contribution in [-0.4, -0.2) is 107 Å². The third-order valence-electron chi connectivity index (χ3n) is 9.88. The number of hydrogen-bond donors (Lipinski definition) is 2. The van der Waals surface area contributed by atoms with E-state index in [1.807, 2.05) is 74.5 Å². The highest BCUT2D eigenvalue weighted by molar-refractivity contribution is 5.97. The lowest BCUT2D eigenvalue weighted by Crippen LogP contribution is -2.60. The topological polar surface area (TPSA) is 145 Å². The molecule has 3 heterocycles. The lowest BCUT2D eigenvalue weighted by atomic mass is 10.0. The number of esters is 1. The lowest BCUT2D eigenvalue weighted by molar-refractivity contribution is -0.164. The summed E-state index contributed by atoms with van der Waals surface area (Å²) >= 11 is 0. The molecule has 6 atom stereocenters. The first kappa shape index (κ1) is 36.5. The number of cyclic esters (lactones) is 1. The van der Waals surface area contributed by atoms with E-state index in [1.165, 1.54) is 28.7 Å². The second kappa shape index (κ2) is 16.3. The van der Waals surface area contributed by atoms with Crippen molar-refractivity contribution in [1.29, 1.82) is 0 Å². The fourth-order valence-corrected chi connectivity index (χ4v) is 7.16. The Morgan fingerprint density at radius 2 is 1.28 bits per heavy atom. The van der Waals surface area contributed by atoms with Crippen LogP contribution in [0.3, 0.4) is 0 Å². The predicted molar refractivity (Wildman–Crippen MR) is 185 cm³/mol. The van der Waals surface area contributed by atoms with Crippen molar-refractivity contribution in [2.45, 2.75) is 102 Å². The van der Waals surface area contributed by atoms with Crippen molar-refractivity contribution in [3.05, 3.63) is 71.8 Å². The van der Waals surface area contributed by atoms with Gasteiger partial charge in [0, 0.05) is 33.0 Å². The average Bonchev–Trinajstić information content (AvgIpc) is 3.80. The normalized spacial score (nSPS) is 27.3. The summed E-state index contributed by atoms with van der Waals surface area (Å²) < 4.78 is 5.78. The number of rotatable bonds is 6. The Balaban J connectivity index is 1.53. The Bertz CT molecular complexity index is 1550. The molecule has 0 radical (unpaired) electrons. The molecule has 3 aliphatic heterocycles. The van der Waals surface area contributed by atoms with Crippen LogP contribution in [0.4, 0.5) is 0 Å². The molecule has 0 spiro atoms. The van der Waals surface area contributed by atoms with Gasteiger partial charge in [0.2, 0.25) is 23.6 Å². The van der Waals surface area contributed by atoms with E-state index in [-0.39, 0.29) is 25.2 Å². The molecule has 3 saturated heterocycles. The van der Waals surface area contributed by atoms with E-state index < -0.39 is 71.8 Å². The molecule has 5 amide bonds. The van der Waals surface area contributed by atoms with E-state index in [1.54, 1.807) is 0 Å². The third-order valence-corrected chi connectivity index (χ3v) is 9.88. The summed E-state index contributed by atoms with van der Waals surface area (Å²) in [4.78, 5) is 88.3. The summed E-state index contributed by atoms with van der Waals surface area (Å²) in [6.07, 6.45) is 1.30. The average molecular weight is 688 g/mol. The Hall–Kier alpha value is -4.74. The van der Waals surface area contributed by atoms with Gasteiger partial charge in [0.05, 0.1) is 0 Å². The minimum atomic E-state index is -1.18. The van der Waals surface area contributed by atoms with Gasteiger partial charge in [-0.15, -0.1) is 0 Å². The second-order valence-corrected chi connectivity index (χ2v) is 14.1.